The highest BCUT2D eigenvalue weighted by atomic mass is 16.5. The Kier molecular flexibility index (Phi) is 4.77. The van der Waals surface area contributed by atoms with Gasteiger partial charge in [-0.25, -0.2) is 0 Å². The second-order valence-electron chi connectivity index (χ2n) is 4.66. The number of amides is 1. The van der Waals surface area contributed by atoms with Crippen molar-refractivity contribution in [3.63, 3.8) is 0 Å². The molecule has 0 saturated heterocycles. The van der Waals surface area contributed by atoms with E-state index in [4.69, 9.17) is 4.74 Å². The first kappa shape index (κ1) is 14.1. The third kappa shape index (κ3) is 3.60. The van der Waals surface area contributed by atoms with Crippen molar-refractivity contribution in [2.45, 2.75) is 20.3 Å². The molecule has 0 unspecified atom stereocenters. The van der Waals surface area contributed by atoms with Crippen molar-refractivity contribution < 1.29 is 9.53 Å². The van der Waals surface area contributed by atoms with Crippen LogP contribution in [0.3, 0.4) is 0 Å². The summed E-state index contributed by atoms with van der Waals surface area (Å²) in [7, 11) is 0. The van der Waals surface area contributed by atoms with Gasteiger partial charge in [0.2, 0.25) is 0 Å². The highest BCUT2D eigenvalue weighted by Gasteiger charge is 2.09. The highest BCUT2D eigenvalue weighted by molar-refractivity contribution is 6.05. The van der Waals surface area contributed by atoms with Crippen molar-refractivity contribution in [2.75, 3.05) is 11.9 Å². The van der Waals surface area contributed by atoms with Gasteiger partial charge in [-0.1, -0.05) is 36.8 Å². The van der Waals surface area contributed by atoms with Crippen molar-refractivity contribution >= 4 is 11.6 Å². The second kappa shape index (κ2) is 6.75. The van der Waals surface area contributed by atoms with Crippen LogP contribution < -0.4 is 10.1 Å². The van der Waals surface area contributed by atoms with Crippen molar-refractivity contribution in [1.29, 1.82) is 0 Å². The maximum atomic E-state index is 12.2. The van der Waals surface area contributed by atoms with Gasteiger partial charge in [-0.3, -0.25) is 4.79 Å². The van der Waals surface area contributed by atoms with Gasteiger partial charge in [-0.2, -0.15) is 0 Å². The summed E-state index contributed by atoms with van der Waals surface area (Å²) >= 11 is 0. The Morgan fingerprint density at radius 1 is 1.10 bits per heavy atom. The third-order valence-electron chi connectivity index (χ3n) is 2.91. The van der Waals surface area contributed by atoms with E-state index in [0.29, 0.717) is 23.6 Å². The zero-order valence-corrected chi connectivity index (χ0v) is 11.8. The van der Waals surface area contributed by atoms with Crippen LogP contribution in [0, 0.1) is 6.92 Å². The van der Waals surface area contributed by atoms with Gasteiger partial charge in [-0.15, -0.1) is 0 Å². The Hall–Kier alpha value is -2.29. The number of carbonyl (C=O) groups is 1. The lowest BCUT2D eigenvalue weighted by atomic mass is 10.1. The quantitative estimate of drug-likeness (QED) is 0.889. The van der Waals surface area contributed by atoms with Crippen LogP contribution in [0.15, 0.2) is 48.5 Å². The molecule has 0 saturated carbocycles. The van der Waals surface area contributed by atoms with Crippen LogP contribution in [0.1, 0.15) is 29.3 Å². The molecule has 0 radical (unpaired) electrons. The minimum atomic E-state index is -0.127. The molecule has 3 heteroatoms. The summed E-state index contributed by atoms with van der Waals surface area (Å²) in [6.45, 7) is 4.68. The summed E-state index contributed by atoms with van der Waals surface area (Å²) in [5.74, 6) is 0.576. The molecule has 1 amide bonds. The number of anilines is 1. The first-order chi connectivity index (χ1) is 9.70. The molecule has 0 heterocycles. The monoisotopic (exact) mass is 269 g/mol. The number of carbonyl (C=O) groups excluding carboxylic acids is 1. The lowest BCUT2D eigenvalue weighted by Crippen LogP contribution is -2.13. The predicted molar refractivity (Wildman–Crippen MR) is 81.4 cm³/mol. The van der Waals surface area contributed by atoms with Crippen LogP contribution in [0.5, 0.6) is 5.75 Å². The highest BCUT2D eigenvalue weighted by Crippen LogP contribution is 2.24. The zero-order valence-electron chi connectivity index (χ0n) is 11.8. The van der Waals surface area contributed by atoms with Crippen molar-refractivity contribution in [1.82, 2.24) is 0 Å². The van der Waals surface area contributed by atoms with Gasteiger partial charge in [0.25, 0.3) is 5.91 Å². The molecule has 0 bridgehead atoms. The molecule has 104 valence electrons. The molecule has 20 heavy (non-hydrogen) atoms. The van der Waals surface area contributed by atoms with Crippen LogP contribution in [0.25, 0.3) is 0 Å². The number of benzene rings is 2. The molecule has 0 spiro atoms. The largest absolute Gasteiger partial charge is 0.491 e. The average Bonchev–Trinajstić information content (AvgIpc) is 2.47. The topological polar surface area (TPSA) is 38.3 Å². The Morgan fingerprint density at radius 2 is 1.80 bits per heavy atom. The van der Waals surface area contributed by atoms with E-state index in [9.17, 15) is 4.79 Å². The molecule has 0 aliphatic carbocycles. The van der Waals surface area contributed by atoms with Crippen LogP contribution in [-0.4, -0.2) is 12.5 Å². The van der Waals surface area contributed by atoms with Gasteiger partial charge in [-0.05, 0) is 37.6 Å². The molecule has 1 N–H and O–H groups in total. The van der Waals surface area contributed by atoms with Crippen molar-refractivity contribution in [3.8, 4) is 5.75 Å². The molecule has 3 nitrogen and oxygen atoms in total. The molecule has 0 aromatic heterocycles. The van der Waals surface area contributed by atoms with E-state index >= 15 is 0 Å². The van der Waals surface area contributed by atoms with Crippen LogP contribution in [0.2, 0.25) is 0 Å². The summed E-state index contributed by atoms with van der Waals surface area (Å²) in [5.41, 5.74) is 2.47. The number of aryl methyl sites for hydroxylation is 1. The Bertz CT molecular complexity index is 576. The molecule has 0 fully saturated rings. The minimum Gasteiger partial charge on any atom is -0.491 e. The van der Waals surface area contributed by atoms with Crippen LogP contribution in [0.4, 0.5) is 5.69 Å². The molecule has 0 atom stereocenters. The van der Waals surface area contributed by atoms with Gasteiger partial charge < -0.3 is 10.1 Å². The Balaban J connectivity index is 2.13. The maximum absolute atomic E-state index is 12.2. The molecule has 0 aliphatic rings. The average molecular weight is 269 g/mol. The molecular weight excluding hydrogens is 250 g/mol. The zero-order chi connectivity index (χ0) is 14.4. The lowest BCUT2D eigenvalue weighted by Gasteiger charge is -2.12. The van der Waals surface area contributed by atoms with Crippen LogP contribution in [-0.2, 0) is 0 Å². The smallest absolute Gasteiger partial charge is 0.255 e. The van der Waals surface area contributed by atoms with E-state index in [1.165, 1.54) is 0 Å². The number of ether oxygens (including phenoxy) is 1. The minimum absolute atomic E-state index is 0.127. The van der Waals surface area contributed by atoms with Gasteiger partial charge in [0.15, 0.2) is 0 Å². The van der Waals surface area contributed by atoms with Crippen molar-refractivity contribution in [3.05, 3.63) is 59.7 Å². The van der Waals surface area contributed by atoms with E-state index in [0.717, 1.165) is 12.0 Å². The third-order valence-corrected chi connectivity index (χ3v) is 2.91. The fourth-order valence-corrected chi connectivity index (χ4v) is 1.81. The van der Waals surface area contributed by atoms with Gasteiger partial charge in [0.05, 0.1) is 12.3 Å². The van der Waals surface area contributed by atoms with E-state index in [1.807, 2.05) is 62.4 Å². The number of nitrogens with one attached hydrogen (secondary N) is 1. The lowest BCUT2D eigenvalue weighted by molar-refractivity contribution is 0.102. The number of rotatable bonds is 5. The summed E-state index contributed by atoms with van der Waals surface area (Å²) in [5, 5.41) is 2.89. The standard InChI is InChI=1S/C17H19NO2/c1-3-12-20-16-7-5-4-6-15(16)18-17(19)14-10-8-13(2)9-11-14/h4-11H,3,12H2,1-2H3,(H,18,19). The Morgan fingerprint density at radius 3 is 2.50 bits per heavy atom. The summed E-state index contributed by atoms with van der Waals surface area (Å²) in [6, 6.07) is 15.0. The van der Waals surface area contributed by atoms with E-state index in [2.05, 4.69) is 5.32 Å². The SMILES string of the molecule is CCCOc1ccccc1NC(=O)c1ccc(C)cc1. The molecule has 0 aliphatic heterocycles. The molecule has 2 rings (SSSR count). The summed E-state index contributed by atoms with van der Waals surface area (Å²) < 4.78 is 5.63. The normalized spacial score (nSPS) is 10.1. The van der Waals surface area contributed by atoms with E-state index < -0.39 is 0 Å². The fraction of sp³-hybridized carbons (Fsp3) is 0.235. The van der Waals surface area contributed by atoms with Gasteiger partial charge in [0.1, 0.15) is 5.75 Å². The van der Waals surface area contributed by atoms with Crippen molar-refractivity contribution in [2.24, 2.45) is 0 Å². The van der Waals surface area contributed by atoms with Gasteiger partial charge >= 0.3 is 0 Å². The second-order valence-corrected chi connectivity index (χ2v) is 4.66. The molecule has 2 aromatic carbocycles. The predicted octanol–water partition coefficient (Wildman–Crippen LogP) is 4.04. The number of hydrogen-bond donors (Lipinski definition) is 1. The van der Waals surface area contributed by atoms with E-state index in [-0.39, 0.29) is 5.91 Å². The number of hydrogen-bond acceptors (Lipinski definition) is 2. The summed E-state index contributed by atoms with van der Waals surface area (Å²) in [6.07, 6.45) is 0.931. The first-order valence-corrected chi connectivity index (χ1v) is 6.80. The number of para-hydroxylation sites is 2. The maximum Gasteiger partial charge on any atom is 0.255 e. The fourth-order valence-electron chi connectivity index (χ4n) is 1.81. The van der Waals surface area contributed by atoms with Crippen LogP contribution >= 0.6 is 0 Å². The molecule has 2 aromatic rings. The van der Waals surface area contributed by atoms with E-state index in [1.54, 1.807) is 0 Å². The Labute approximate surface area is 119 Å². The molecular formula is C17H19NO2. The first-order valence-electron chi connectivity index (χ1n) is 6.80. The van der Waals surface area contributed by atoms with Gasteiger partial charge in [0, 0.05) is 5.56 Å². The summed E-state index contributed by atoms with van der Waals surface area (Å²) in [4.78, 5) is 12.2.